The second kappa shape index (κ2) is 6.64. The van der Waals surface area contributed by atoms with Gasteiger partial charge in [0.05, 0.1) is 6.20 Å². The molecule has 3 aromatic rings. The van der Waals surface area contributed by atoms with E-state index < -0.39 is 10.0 Å². The summed E-state index contributed by atoms with van der Waals surface area (Å²) in [4.78, 5) is 2.21. The second-order valence-corrected chi connectivity index (χ2v) is 8.55. The standard InChI is InChI=1S/C16H20N4O2S2/c1-19(2)15(14-11-23-16-7-5-4-6-13(14)16)9-18-24(21,22)12-8-17-20(3)10-12/h4-8,10-11,15,18H,9H2,1-3H3/t15-/m0/s1. The molecule has 24 heavy (non-hydrogen) atoms. The molecule has 0 amide bonds. The molecule has 0 spiro atoms. The molecule has 0 unspecified atom stereocenters. The molecule has 0 bridgehead atoms. The first-order valence-corrected chi connectivity index (χ1v) is 9.85. The van der Waals surface area contributed by atoms with Crippen molar-refractivity contribution in [2.75, 3.05) is 20.6 Å². The molecule has 0 fully saturated rings. The third-order valence-corrected chi connectivity index (χ3v) is 6.31. The van der Waals surface area contributed by atoms with Crippen LogP contribution in [0, 0.1) is 0 Å². The Labute approximate surface area is 145 Å². The fourth-order valence-corrected chi connectivity index (χ4v) is 4.67. The van der Waals surface area contributed by atoms with Crippen LogP contribution in [-0.4, -0.2) is 43.7 Å². The lowest BCUT2D eigenvalue weighted by molar-refractivity contribution is 0.301. The van der Waals surface area contributed by atoms with Crippen molar-refractivity contribution in [1.29, 1.82) is 0 Å². The lowest BCUT2D eigenvalue weighted by atomic mass is 10.1. The van der Waals surface area contributed by atoms with Crippen LogP contribution in [0.25, 0.3) is 10.1 Å². The number of nitrogens with zero attached hydrogens (tertiary/aromatic N) is 3. The van der Waals surface area contributed by atoms with E-state index in [1.165, 1.54) is 27.2 Å². The monoisotopic (exact) mass is 364 g/mol. The molecule has 0 aliphatic heterocycles. The maximum atomic E-state index is 12.4. The van der Waals surface area contributed by atoms with Gasteiger partial charge in [-0.25, -0.2) is 13.1 Å². The number of likely N-dealkylation sites (N-methyl/N-ethyl adjacent to an activating group) is 1. The topological polar surface area (TPSA) is 67.2 Å². The predicted molar refractivity (Wildman–Crippen MR) is 96.6 cm³/mol. The van der Waals surface area contributed by atoms with Gasteiger partial charge in [-0.1, -0.05) is 18.2 Å². The largest absolute Gasteiger partial charge is 0.301 e. The fourth-order valence-electron chi connectivity index (χ4n) is 2.64. The van der Waals surface area contributed by atoms with Crippen LogP contribution < -0.4 is 4.72 Å². The van der Waals surface area contributed by atoms with Gasteiger partial charge in [-0.15, -0.1) is 11.3 Å². The maximum Gasteiger partial charge on any atom is 0.243 e. The van der Waals surface area contributed by atoms with Crippen molar-refractivity contribution in [2.45, 2.75) is 10.9 Å². The minimum atomic E-state index is -3.57. The zero-order valence-electron chi connectivity index (χ0n) is 13.8. The first-order chi connectivity index (χ1) is 11.4. The van der Waals surface area contributed by atoms with Crippen molar-refractivity contribution in [3.63, 3.8) is 0 Å². The highest BCUT2D eigenvalue weighted by Crippen LogP contribution is 2.32. The molecule has 3 rings (SSSR count). The quantitative estimate of drug-likeness (QED) is 0.728. The molecule has 0 aliphatic rings. The lowest BCUT2D eigenvalue weighted by Crippen LogP contribution is -2.34. The minimum Gasteiger partial charge on any atom is -0.301 e. The highest BCUT2D eigenvalue weighted by Gasteiger charge is 2.22. The molecule has 0 saturated carbocycles. The second-order valence-electron chi connectivity index (χ2n) is 5.87. The van der Waals surface area contributed by atoms with E-state index in [1.54, 1.807) is 18.4 Å². The molecule has 0 radical (unpaired) electrons. The van der Waals surface area contributed by atoms with Gasteiger partial charge in [-0.3, -0.25) is 4.68 Å². The van der Waals surface area contributed by atoms with E-state index in [0.29, 0.717) is 6.54 Å². The van der Waals surface area contributed by atoms with E-state index in [4.69, 9.17) is 0 Å². The Balaban J connectivity index is 1.85. The number of rotatable bonds is 6. The Morgan fingerprint density at radius 2 is 2.08 bits per heavy atom. The lowest BCUT2D eigenvalue weighted by Gasteiger charge is -2.24. The molecule has 6 nitrogen and oxygen atoms in total. The number of sulfonamides is 1. The smallest absolute Gasteiger partial charge is 0.243 e. The molecule has 2 heterocycles. The van der Waals surface area contributed by atoms with Gasteiger partial charge >= 0.3 is 0 Å². The first kappa shape index (κ1) is 17.1. The van der Waals surface area contributed by atoms with E-state index >= 15 is 0 Å². The fraction of sp³-hybridized carbons (Fsp3) is 0.312. The molecule has 2 aromatic heterocycles. The number of hydrogen-bond acceptors (Lipinski definition) is 5. The van der Waals surface area contributed by atoms with E-state index in [-0.39, 0.29) is 10.9 Å². The normalized spacial score (nSPS) is 13.7. The number of nitrogens with one attached hydrogen (secondary N) is 1. The van der Waals surface area contributed by atoms with E-state index in [9.17, 15) is 8.42 Å². The molecular weight excluding hydrogens is 344 g/mol. The summed E-state index contributed by atoms with van der Waals surface area (Å²) in [6.07, 6.45) is 2.85. The number of hydrogen-bond donors (Lipinski definition) is 1. The number of thiophene rings is 1. The van der Waals surface area contributed by atoms with Crippen molar-refractivity contribution in [3.8, 4) is 0 Å². The van der Waals surface area contributed by atoms with Gasteiger partial charge in [0.1, 0.15) is 4.90 Å². The Morgan fingerprint density at radius 1 is 1.33 bits per heavy atom. The van der Waals surface area contributed by atoms with Crippen molar-refractivity contribution in [3.05, 3.63) is 47.6 Å². The Hall–Kier alpha value is -1.74. The van der Waals surface area contributed by atoms with Crippen molar-refractivity contribution < 1.29 is 8.42 Å². The zero-order valence-corrected chi connectivity index (χ0v) is 15.4. The van der Waals surface area contributed by atoms with E-state index in [0.717, 1.165) is 5.56 Å². The van der Waals surface area contributed by atoms with E-state index in [2.05, 4.69) is 27.3 Å². The highest BCUT2D eigenvalue weighted by atomic mass is 32.2. The summed E-state index contributed by atoms with van der Waals surface area (Å²) in [5.74, 6) is 0. The molecule has 1 N–H and O–H groups in total. The van der Waals surface area contributed by atoms with Crippen LogP contribution in [0.5, 0.6) is 0 Å². The molecule has 1 aromatic carbocycles. The number of benzene rings is 1. The molecule has 128 valence electrons. The van der Waals surface area contributed by atoms with Crippen LogP contribution in [0.15, 0.2) is 46.9 Å². The van der Waals surface area contributed by atoms with Crippen LogP contribution >= 0.6 is 11.3 Å². The zero-order chi connectivity index (χ0) is 17.3. The molecule has 8 heteroatoms. The van der Waals surface area contributed by atoms with Gasteiger partial charge < -0.3 is 4.90 Å². The van der Waals surface area contributed by atoms with E-state index in [1.807, 2.05) is 31.1 Å². The summed E-state index contributed by atoms with van der Waals surface area (Å²) in [5, 5.41) is 7.20. The van der Waals surface area contributed by atoms with Crippen LogP contribution in [0.2, 0.25) is 0 Å². The average Bonchev–Trinajstić information content (AvgIpc) is 3.14. The van der Waals surface area contributed by atoms with Gasteiger partial charge in [-0.2, -0.15) is 5.10 Å². The van der Waals surface area contributed by atoms with Crippen LogP contribution in [-0.2, 0) is 17.1 Å². The third kappa shape index (κ3) is 3.36. The third-order valence-electron chi connectivity index (χ3n) is 3.95. The van der Waals surface area contributed by atoms with Crippen molar-refractivity contribution in [1.82, 2.24) is 19.4 Å². The maximum absolute atomic E-state index is 12.4. The van der Waals surface area contributed by atoms with Crippen LogP contribution in [0.3, 0.4) is 0 Å². The van der Waals surface area contributed by atoms with Gasteiger partial charge in [0.25, 0.3) is 0 Å². The number of aryl methyl sites for hydroxylation is 1. The molecule has 1 atom stereocenters. The first-order valence-electron chi connectivity index (χ1n) is 7.49. The van der Waals surface area contributed by atoms with Crippen molar-refractivity contribution >= 4 is 31.4 Å². The number of fused-ring (bicyclic) bond motifs is 1. The number of aromatic nitrogens is 2. The minimum absolute atomic E-state index is 0.0485. The molecule has 0 saturated heterocycles. The Morgan fingerprint density at radius 3 is 2.75 bits per heavy atom. The van der Waals surface area contributed by atoms with Gasteiger partial charge in [-0.05, 0) is 36.5 Å². The summed E-state index contributed by atoms with van der Waals surface area (Å²) in [6, 6.07) is 8.12. The predicted octanol–water partition coefficient (Wildman–Crippen LogP) is 2.22. The Bertz CT molecular complexity index is 944. The Kier molecular flexibility index (Phi) is 4.73. The average molecular weight is 364 g/mol. The van der Waals surface area contributed by atoms with Crippen LogP contribution in [0.1, 0.15) is 11.6 Å². The van der Waals surface area contributed by atoms with Gasteiger partial charge in [0.2, 0.25) is 10.0 Å². The summed E-state index contributed by atoms with van der Waals surface area (Å²) in [6.45, 7) is 0.297. The summed E-state index contributed by atoms with van der Waals surface area (Å²) >= 11 is 1.68. The molecular formula is C16H20N4O2S2. The SMILES string of the molecule is CN(C)[C@@H](CNS(=O)(=O)c1cnn(C)c1)c1csc2ccccc12. The highest BCUT2D eigenvalue weighted by molar-refractivity contribution is 7.89. The van der Waals surface area contributed by atoms with Crippen LogP contribution in [0.4, 0.5) is 0 Å². The summed E-state index contributed by atoms with van der Waals surface area (Å²) in [5.41, 5.74) is 1.13. The van der Waals surface area contributed by atoms with Gasteiger partial charge in [0.15, 0.2) is 0 Å². The summed E-state index contributed by atoms with van der Waals surface area (Å²) in [7, 11) is 2.03. The molecule has 0 aliphatic carbocycles. The van der Waals surface area contributed by atoms with Crippen molar-refractivity contribution in [2.24, 2.45) is 7.05 Å². The summed E-state index contributed by atoms with van der Waals surface area (Å²) < 4.78 is 30.2. The van der Waals surface area contributed by atoms with Gasteiger partial charge in [0, 0.05) is 30.5 Å².